The molecule has 0 fully saturated rings. The predicted molar refractivity (Wildman–Crippen MR) is 29.7 cm³/mol. The van der Waals surface area contributed by atoms with Crippen molar-refractivity contribution in [1.29, 1.82) is 0 Å². The molecule has 0 amide bonds. The zero-order chi connectivity index (χ0) is 6.41. The van der Waals surface area contributed by atoms with Crippen LogP contribution < -0.4 is 5.90 Å². The van der Waals surface area contributed by atoms with Crippen molar-refractivity contribution in [3.8, 4) is 0 Å². The van der Waals surface area contributed by atoms with Gasteiger partial charge in [0.1, 0.15) is 0 Å². The average molecular weight is 115 g/mol. The Morgan fingerprint density at radius 2 is 2.50 bits per heavy atom. The van der Waals surface area contributed by atoms with Gasteiger partial charge in [-0.1, -0.05) is 6.08 Å². The van der Waals surface area contributed by atoms with E-state index in [0.717, 1.165) is 0 Å². The van der Waals surface area contributed by atoms with Crippen molar-refractivity contribution < 1.29 is 9.63 Å². The Hall–Kier alpha value is -0.830. The molecule has 0 unspecified atom stereocenters. The van der Waals surface area contributed by atoms with Crippen molar-refractivity contribution in [2.24, 2.45) is 5.90 Å². The van der Waals surface area contributed by atoms with Crippen molar-refractivity contribution in [3.05, 3.63) is 12.7 Å². The van der Waals surface area contributed by atoms with Gasteiger partial charge in [0, 0.05) is 0 Å². The van der Waals surface area contributed by atoms with Crippen LogP contribution in [0.25, 0.3) is 0 Å². The van der Waals surface area contributed by atoms with Crippen LogP contribution in [0.5, 0.6) is 0 Å². The maximum Gasteiger partial charge on any atom is 0.324 e. The van der Waals surface area contributed by atoms with Gasteiger partial charge in [0.25, 0.3) is 0 Å². The lowest BCUT2D eigenvalue weighted by atomic mass is 10.3. The van der Waals surface area contributed by atoms with Gasteiger partial charge in [-0.15, -0.1) is 6.58 Å². The van der Waals surface area contributed by atoms with Crippen molar-refractivity contribution in [2.45, 2.75) is 12.8 Å². The third-order valence-electron chi connectivity index (χ3n) is 0.684. The van der Waals surface area contributed by atoms with E-state index in [9.17, 15) is 4.79 Å². The fraction of sp³-hybridized carbons (Fsp3) is 0.400. The molecule has 0 aliphatic heterocycles. The van der Waals surface area contributed by atoms with E-state index in [1.165, 1.54) is 0 Å². The molecule has 0 saturated heterocycles. The van der Waals surface area contributed by atoms with E-state index >= 15 is 0 Å². The fourth-order valence-corrected chi connectivity index (χ4v) is 0.279. The van der Waals surface area contributed by atoms with Crippen LogP contribution in [0, 0.1) is 0 Å². The van der Waals surface area contributed by atoms with E-state index in [0.29, 0.717) is 12.8 Å². The van der Waals surface area contributed by atoms with Crippen LogP contribution >= 0.6 is 0 Å². The third-order valence-corrected chi connectivity index (χ3v) is 0.684. The van der Waals surface area contributed by atoms with Gasteiger partial charge < -0.3 is 4.84 Å². The molecule has 2 N–H and O–H groups in total. The summed E-state index contributed by atoms with van der Waals surface area (Å²) >= 11 is 0. The van der Waals surface area contributed by atoms with Gasteiger partial charge in [0.05, 0.1) is 6.42 Å². The number of carbonyl (C=O) groups excluding carboxylic acids is 1. The second-order valence-corrected chi connectivity index (χ2v) is 1.32. The van der Waals surface area contributed by atoms with Gasteiger partial charge >= 0.3 is 5.97 Å². The van der Waals surface area contributed by atoms with Crippen molar-refractivity contribution in [1.82, 2.24) is 0 Å². The van der Waals surface area contributed by atoms with E-state index in [1.54, 1.807) is 6.08 Å². The molecule has 0 aliphatic carbocycles. The average Bonchev–Trinajstić information content (AvgIpc) is 1.83. The highest BCUT2D eigenvalue weighted by molar-refractivity contribution is 5.68. The molecule has 0 rings (SSSR count). The standard InChI is InChI=1S/C5H9NO2/c1-2-3-4-5(7)8-6/h2H,1,3-4,6H2. The Morgan fingerprint density at radius 3 is 2.88 bits per heavy atom. The molecular formula is C5H9NO2. The zero-order valence-corrected chi connectivity index (χ0v) is 4.59. The SMILES string of the molecule is C=CCCC(=O)ON. The normalized spacial score (nSPS) is 8.12. The molecule has 0 aromatic heterocycles. The van der Waals surface area contributed by atoms with Crippen LogP contribution in [0.2, 0.25) is 0 Å². The highest BCUT2D eigenvalue weighted by Crippen LogP contribution is 1.88. The Labute approximate surface area is 48.1 Å². The number of nitrogens with two attached hydrogens (primary N) is 1. The van der Waals surface area contributed by atoms with Crippen molar-refractivity contribution in [2.75, 3.05) is 0 Å². The maximum atomic E-state index is 10.2. The highest BCUT2D eigenvalue weighted by Gasteiger charge is 1.95. The first-order chi connectivity index (χ1) is 3.81. The van der Waals surface area contributed by atoms with Crippen molar-refractivity contribution in [3.63, 3.8) is 0 Å². The molecule has 3 heteroatoms. The molecule has 0 saturated carbocycles. The molecule has 8 heavy (non-hydrogen) atoms. The molecule has 0 atom stereocenters. The molecule has 0 bridgehead atoms. The molecule has 0 radical (unpaired) electrons. The van der Waals surface area contributed by atoms with Crippen LogP contribution in [0.1, 0.15) is 12.8 Å². The van der Waals surface area contributed by atoms with Crippen LogP contribution in [0.3, 0.4) is 0 Å². The quantitative estimate of drug-likeness (QED) is 0.427. The first kappa shape index (κ1) is 7.17. The lowest BCUT2D eigenvalue weighted by molar-refractivity contribution is -0.144. The van der Waals surface area contributed by atoms with E-state index in [1.807, 2.05) is 0 Å². The first-order valence-electron chi connectivity index (χ1n) is 2.31. The van der Waals surface area contributed by atoms with Gasteiger partial charge in [0.2, 0.25) is 0 Å². The molecule has 0 aromatic rings. The van der Waals surface area contributed by atoms with Crippen LogP contribution in [-0.4, -0.2) is 5.97 Å². The lowest BCUT2D eigenvalue weighted by Gasteiger charge is -1.90. The lowest BCUT2D eigenvalue weighted by Crippen LogP contribution is -2.08. The number of hydrogen-bond donors (Lipinski definition) is 1. The van der Waals surface area contributed by atoms with Crippen LogP contribution in [0.4, 0.5) is 0 Å². The van der Waals surface area contributed by atoms with Gasteiger partial charge in [-0.25, -0.2) is 0 Å². The maximum absolute atomic E-state index is 10.2. The van der Waals surface area contributed by atoms with Gasteiger partial charge in [-0.2, -0.15) is 5.90 Å². The first-order valence-corrected chi connectivity index (χ1v) is 2.31. The molecule has 3 nitrogen and oxygen atoms in total. The summed E-state index contributed by atoms with van der Waals surface area (Å²) in [6.07, 6.45) is 2.58. The van der Waals surface area contributed by atoms with E-state index in [-0.39, 0.29) is 0 Å². The number of hydrogen-bond acceptors (Lipinski definition) is 3. The largest absolute Gasteiger partial charge is 0.373 e. The Morgan fingerprint density at radius 1 is 1.88 bits per heavy atom. The van der Waals surface area contributed by atoms with Gasteiger partial charge in [-0.05, 0) is 6.42 Å². The van der Waals surface area contributed by atoms with Crippen molar-refractivity contribution >= 4 is 5.97 Å². The summed E-state index contributed by atoms with van der Waals surface area (Å²) < 4.78 is 0. The minimum absolute atomic E-state index is 0.319. The second-order valence-electron chi connectivity index (χ2n) is 1.32. The minimum atomic E-state index is -0.398. The zero-order valence-electron chi connectivity index (χ0n) is 4.59. The number of allylic oxidation sites excluding steroid dienone is 1. The summed E-state index contributed by atoms with van der Waals surface area (Å²) in [5.41, 5.74) is 0. The predicted octanol–water partition coefficient (Wildman–Crippen LogP) is 0.370. The topological polar surface area (TPSA) is 52.3 Å². The molecule has 0 heterocycles. The Kier molecular flexibility index (Phi) is 3.88. The summed E-state index contributed by atoms with van der Waals surface area (Å²) in [4.78, 5) is 14.0. The monoisotopic (exact) mass is 115 g/mol. The number of carbonyl (C=O) groups is 1. The fourth-order valence-electron chi connectivity index (χ4n) is 0.279. The second kappa shape index (κ2) is 4.33. The summed E-state index contributed by atoms with van der Waals surface area (Å²) in [7, 11) is 0. The van der Waals surface area contributed by atoms with E-state index in [4.69, 9.17) is 0 Å². The molecule has 46 valence electrons. The molecular weight excluding hydrogens is 106 g/mol. The summed E-state index contributed by atoms with van der Waals surface area (Å²) in [6.45, 7) is 3.42. The van der Waals surface area contributed by atoms with Crippen LogP contribution in [0.15, 0.2) is 12.7 Å². The smallest absolute Gasteiger partial charge is 0.324 e. The summed E-state index contributed by atoms with van der Waals surface area (Å²) in [6, 6.07) is 0. The summed E-state index contributed by atoms with van der Waals surface area (Å²) in [5.74, 6) is 4.13. The highest BCUT2D eigenvalue weighted by atomic mass is 16.7. The summed E-state index contributed by atoms with van der Waals surface area (Å²) in [5, 5.41) is 0. The van der Waals surface area contributed by atoms with Gasteiger partial charge in [-0.3, -0.25) is 4.79 Å². The van der Waals surface area contributed by atoms with E-state index in [2.05, 4.69) is 17.3 Å². The molecule has 0 spiro atoms. The molecule has 0 aromatic carbocycles. The number of rotatable bonds is 3. The van der Waals surface area contributed by atoms with Gasteiger partial charge in [0.15, 0.2) is 0 Å². The third kappa shape index (κ3) is 3.36. The van der Waals surface area contributed by atoms with Crippen LogP contribution in [-0.2, 0) is 9.63 Å². The Balaban J connectivity index is 3.11. The Bertz CT molecular complexity index is 90.4. The van der Waals surface area contributed by atoms with E-state index < -0.39 is 5.97 Å². The molecule has 0 aliphatic rings. The minimum Gasteiger partial charge on any atom is -0.373 e.